The number of rotatable bonds is 4. The maximum Gasteiger partial charge on any atom is 0.241 e. The summed E-state index contributed by atoms with van der Waals surface area (Å²) >= 11 is 0. The molecular formula is C8H17NO4S. The average molecular weight is 223 g/mol. The maximum atomic E-state index is 11.5. The van der Waals surface area contributed by atoms with E-state index in [0.29, 0.717) is 0 Å². The molecule has 0 aliphatic heterocycles. The number of hydrogen-bond acceptors (Lipinski definition) is 4. The van der Waals surface area contributed by atoms with Crippen LogP contribution in [0.15, 0.2) is 0 Å². The minimum atomic E-state index is -3.45. The molecule has 0 saturated heterocycles. The minimum absolute atomic E-state index is 0.217. The van der Waals surface area contributed by atoms with Gasteiger partial charge in [0, 0.05) is 12.3 Å². The van der Waals surface area contributed by atoms with Gasteiger partial charge in [0.05, 0.1) is 6.61 Å². The molecule has 0 aromatic rings. The van der Waals surface area contributed by atoms with Gasteiger partial charge in [-0.2, -0.15) is 0 Å². The monoisotopic (exact) mass is 223 g/mol. The molecule has 0 aliphatic rings. The van der Waals surface area contributed by atoms with E-state index in [1.807, 2.05) is 0 Å². The zero-order valence-corrected chi connectivity index (χ0v) is 9.68. The van der Waals surface area contributed by atoms with Crippen molar-refractivity contribution in [1.29, 1.82) is 0 Å². The van der Waals surface area contributed by atoms with Gasteiger partial charge in [-0.3, -0.25) is 4.79 Å². The van der Waals surface area contributed by atoms with E-state index in [9.17, 15) is 13.2 Å². The van der Waals surface area contributed by atoms with E-state index in [0.717, 1.165) is 6.26 Å². The van der Waals surface area contributed by atoms with Gasteiger partial charge in [0.25, 0.3) is 0 Å². The fraction of sp³-hybridized carbons (Fsp3) is 0.875. The van der Waals surface area contributed by atoms with Crippen LogP contribution in [0.4, 0.5) is 0 Å². The van der Waals surface area contributed by atoms with Crippen LogP contribution in [0.1, 0.15) is 20.8 Å². The van der Waals surface area contributed by atoms with Gasteiger partial charge in [-0.15, -0.1) is 0 Å². The fourth-order valence-electron chi connectivity index (χ4n) is 0.612. The van der Waals surface area contributed by atoms with Gasteiger partial charge in [-0.05, 0) is 20.8 Å². The first-order valence-corrected chi connectivity index (χ1v) is 6.13. The van der Waals surface area contributed by atoms with E-state index in [-0.39, 0.29) is 6.61 Å². The average Bonchev–Trinajstić information content (AvgIpc) is 2.01. The smallest absolute Gasteiger partial charge is 0.241 e. The van der Waals surface area contributed by atoms with E-state index >= 15 is 0 Å². The summed E-state index contributed by atoms with van der Waals surface area (Å²) in [6.45, 7) is 4.05. The number of amides is 1. The Morgan fingerprint density at radius 1 is 1.50 bits per heavy atom. The Morgan fingerprint density at radius 2 is 1.93 bits per heavy atom. The van der Waals surface area contributed by atoms with Crippen molar-refractivity contribution < 1.29 is 18.3 Å². The second-order valence-corrected chi connectivity index (χ2v) is 6.40. The second kappa shape index (κ2) is 4.27. The maximum absolute atomic E-state index is 11.5. The highest BCUT2D eigenvalue weighted by Gasteiger charge is 2.38. The molecule has 0 unspecified atom stereocenters. The van der Waals surface area contributed by atoms with Gasteiger partial charge in [-0.25, -0.2) is 8.42 Å². The first-order chi connectivity index (χ1) is 6.13. The van der Waals surface area contributed by atoms with Crippen LogP contribution in [-0.2, 0) is 14.6 Å². The lowest BCUT2D eigenvalue weighted by atomic mass is 10.2. The van der Waals surface area contributed by atoms with Crippen LogP contribution < -0.4 is 5.32 Å². The van der Waals surface area contributed by atoms with E-state index < -0.39 is 26.5 Å². The summed E-state index contributed by atoms with van der Waals surface area (Å²) in [4.78, 5) is 11.5. The zero-order valence-electron chi connectivity index (χ0n) is 8.86. The molecule has 2 N–H and O–H groups in total. The number of sulfone groups is 1. The van der Waals surface area contributed by atoms with Gasteiger partial charge in [-0.1, -0.05) is 0 Å². The number of aliphatic hydroxyl groups is 1. The van der Waals surface area contributed by atoms with Gasteiger partial charge in [0.15, 0.2) is 9.84 Å². The normalized spacial score (nSPS) is 14.9. The lowest BCUT2D eigenvalue weighted by Crippen LogP contribution is -2.50. The van der Waals surface area contributed by atoms with Crippen molar-refractivity contribution in [2.45, 2.75) is 31.6 Å². The van der Waals surface area contributed by atoms with Crippen LogP contribution in [-0.4, -0.2) is 43.1 Å². The molecule has 0 rings (SSSR count). The SMILES string of the molecule is C[C@H](CO)NC(=O)C(C)(C)S(C)(=O)=O. The number of carbonyl (C=O) groups is 1. The molecule has 14 heavy (non-hydrogen) atoms. The Balaban J connectivity index is 4.70. The highest BCUT2D eigenvalue weighted by atomic mass is 32.2. The fourth-order valence-corrected chi connectivity index (χ4v) is 1.01. The summed E-state index contributed by atoms with van der Waals surface area (Å²) in [5.74, 6) is -0.596. The first-order valence-electron chi connectivity index (χ1n) is 4.24. The van der Waals surface area contributed by atoms with E-state index in [2.05, 4.69) is 5.32 Å². The van der Waals surface area contributed by atoms with Crippen molar-refractivity contribution in [2.24, 2.45) is 0 Å². The van der Waals surface area contributed by atoms with Crippen molar-refractivity contribution >= 4 is 15.7 Å². The molecule has 0 aromatic heterocycles. The summed E-state index contributed by atoms with van der Waals surface area (Å²) in [6, 6.07) is -0.441. The minimum Gasteiger partial charge on any atom is -0.394 e. The Bertz CT molecular complexity index is 307. The van der Waals surface area contributed by atoms with Crippen LogP contribution in [0.3, 0.4) is 0 Å². The Labute approximate surface area is 84.4 Å². The molecule has 0 radical (unpaired) electrons. The largest absolute Gasteiger partial charge is 0.394 e. The standard InChI is InChI=1S/C8H17NO4S/c1-6(5-10)9-7(11)8(2,3)14(4,12)13/h6,10H,5H2,1-4H3,(H,9,11)/t6-/m1/s1. The Morgan fingerprint density at radius 3 is 2.21 bits per heavy atom. The molecule has 6 heteroatoms. The van der Waals surface area contributed by atoms with Gasteiger partial charge < -0.3 is 10.4 Å². The van der Waals surface area contributed by atoms with Crippen LogP contribution >= 0.6 is 0 Å². The topological polar surface area (TPSA) is 83.5 Å². The second-order valence-electron chi connectivity index (χ2n) is 3.84. The van der Waals surface area contributed by atoms with Crippen LogP contribution in [0.2, 0.25) is 0 Å². The molecule has 84 valence electrons. The number of carbonyl (C=O) groups excluding carboxylic acids is 1. The molecule has 0 aliphatic carbocycles. The molecule has 1 atom stereocenters. The first kappa shape index (κ1) is 13.4. The molecule has 0 heterocycles. The lowest BCUT2D eigenvalue weighted by molar-refractivity contribution is -0.123. The number of hydrogen-bond donors (Lipinski definition) is 2. The van der Waals surface area contributed by atoms with Gasteiger partial charge in [0.1, 0.15) is 4.75 Å². The zero-order chi connectivity index (χ0) is 11.6. The molecule has 5 nitrogen and oxygen atoms in total. The van der Waals surface area contributed by atoms with E-state index in [4.69, 9.17) is 5.11 Å². The third-order valence-corrected chi connectivity index (χ3v) is 4.16. The van der Waals surface area contributed by atoms with E-state index in [1.54, 1.807) is 6.92 Å². The number of aliphatic hydroxyl groups excluding tert-OH is 1. The van der Waals surface area contributed by atoms with Crippen molar-refractivity contribution in [3.05, 3.63) is 0 Å². The molecular weight excluding hydrogens is 206 g/mol. The molecule has 1 amide bonds. The van der Waals surface area contributed by atoms with Crippen molar-refractivity contribution in [3.63, 3.8) is 0 Å². The quantitative estimate of drug-likeness (QED) is 0.660. The summed E-state index contributed by atoms with van der Waals surface area (Å²) < 4.78 is 21.0. The lowest BCUT2D eigenvalue weighted by Gasteiger charge is -2.23. The molecule has 0 saturated carbocycles. The summed E-state index contributed by atoms with van der Waals surface area (Å²) in [5, 5.41) is 11.1. The Kier molecular flexibility index (Phi) is 4.08. The molecule has 0 bridgehead atoms. The van der Waals surface area contributed by atoms with Crippen LogP contribution in [0, 0.1) is 0 Å². The van der Waals surface area contributed by atoms with Crippen molar-refractivity contribution in [2.75, 3.05) is 12.9 Å². The third-order valence-electron chi connectivity index (χ3n) is 2.13. The van der Waals surface area contributed by atoms with Crippen molar-refractivity contribution in [3.8, 4) is 0 Å². The van der Waals surface area contributed by atoms with Gasteiger partial charge >= 0.3 is 0 Å². The Hall–Kier alpha value is -0.620. The highest BCUT2D eigenvalue weighted by Crippen LogP contribution is 2.15. The summed E-state index contributed by atoms with van der Waals surface area (Å²) in [5.41, 5.74) is 0. The van der Waals surface area contributed by atoms with E-state index in [1.165, 1.54) is 13.8 Å². The molecule has 0 aromatic carbocycles. The highest BCUT2D eigenvalue weighted by molar-refractivity contribution is 7.92. The summed E-state index contributed by atoms with van der Waals surface area (Å²) in [6.07, 6.45) is 1.01. The van der Waals surface area contributed by atoms with Gasteiger partial charge in [0.2, 0.25) is 5.91 Å². The number of nitrogens with one attached hydrogen (secondary N) is 1. The van der Waals surface area contributed by atoms with Crippen LogP contribution in [0.5, 0.6) is 0 Å². The molecule has 0 fully saturated rings. The third kappa shape index (κ3) is 2.95. The predicted octanol–water partition coefficient (Wildman–Crippen LogP) is -0.693. The predicted molar refractivity (Wildman–Crippen MR) is 53.6 cm³/mol. The summed E-state index contributed by atoms with van der Waals surface area (Å²) in [7, 11) is -3.45. The van der Waals surface area contributed by atoms with Crippen molar-refractivity contribution in [1.82, 2.24) is 5.32 Å². The van der Waals surface area contributed by atoms with Crippen LogP contribution in [0.25, 0.3) is 0 Å². The molecule has 0 spiro atoms.